The molecule has 1 saturated carbocycles. The number of rotatable bonds is 4. The third-order valence-corrected chi connectivity index (χ3v) is 5.11. The highest BCUT2D eigenvalue weighted by Crippen LogP contribution is 2.63. The maximum absolute atomic E-state index is 13.8. The molecule has 0 heterocycles. The fourth-order valence-corrected chi connectivity index (χ4v) is 3.69. The smallest absolute Gasteiger partial charge is 0.310 e. The van der Waals surface area contributed by atoms with Crippen molar-refractivity contribution in [2.75, 3.05) is 0 Å². The molecule has 1 aromatic carbocycles. The van der Waals surface area contributed by atoms with E-state index >= 15 is 0 Å². The third-order valence-electron chi connectivity index (χ3n) is 3.92. The van der Waals surface area contributed by atoms with Gasteiger partial charge in [-0.05, 0) is 17.5 Å². The molecule has 0 amide bonds. The van der Waals surface area contributed by atoms with Crippen LogP contribution in [0.25, 0.3) is 0 Å². The van der Waals surface area contributed by atoms with Gasteiger partial charge in [0, 0.05) is 27.1 Å². The van der Waals surface area contributed by atoms with Crippen LogP contribution >= 0.6 is 46.4 Å². The molecular formula is C15H13Cl4FO2. The van der Waals surface area contributed by atoms with Gasteiger partial charge in [0.25, 0.3) is 0 Å². The SMILES string of the molecule is CC1(C)C(C(=O)OCc2cc(Cl)cc(Cl)c2F)C1C(Cl)=CCl. The van der Waals surface area contributed by atoms with Crippen LogP contribution in [0.15, 0.2) is 22.7 Å². The molecule has 2 rings (SSSR count). The third kappa shape index (κ3) is 3.38. The summed E-state index contributed by atoms with van der Waals surface area (Å²) < 4.78 is 19.0. The molecule has 0 spiro atoms. The van der Waals surface area contributed by atoms with Gasteiger partial charge in [0.1, 0.15) is 12.4 Å². The highest BCUT2D eigenvalue weighted by molar-refractivity contribution is 6.37. The Hall–Kier alpha value is -0.480. The quantitative estimate of drug-likeness (QED) is 0.486. The summed E-state index contributed by atoms with van der Waals surface area (Å²) in [6, 6.07) is 2.66. The van der Waals surface area contributed by atoms with Crippen molar-refractivity contribution in [1.29, 1.82) is 0 Å². The summed E-state index contributed by atoms with van der Waals surface area (Å²) in [6.45, 7) is 3.54. The summed E-state index contributed by atoms with van der Waals surface area (Å²) in [5, 5.41) is 0.567. The standard InChI is InChI=1S/C15H13Cl4FO2/c1-15(2)11(10(19)5-16)12(15)14(21)22-6-7-3-8(17)4-9(18)13(7)20/h3-5,11-12H,6H2,1-2H3. The highest BCUT2D eigenvalue weighted by Gasteiger charge is 2.64. The van der Waals surface area contributed by atoms with Crippen molar-refractivity contribution >= 4 is 52.4 Å². The monoisotopic (exact) mass is 384 g/mol. The molecule has 0 aliphatic heterocycles. The average Bonchev–Trinajstić information content (AvgIpc) is 3.02. The van der Waals surface area contributed by atoms with Crippen molar-refractivity contribution in [2.24, 2.45) is 17.3 Å². The number of carbonyl (C=O) groups is 1. The van der Waals surface area contributed by atoms with Crippen LogP contribution in [-0.4, -0.2) is 5.97 Å². The van der Waals surface area contributed by atoms with Crippen molar-refractivity contribution in [3.63, 3.8) is 0 Å². The lowest BCUT2D eigenvalue weighted by molar-refractivity contribution is -0.147. The van der Waals surface area contributed by atoms with E-state index in [1.807, 2.05) is 13.8 Å². The van der Waals surface area contributed by atoms with Gasteiger partial charge in [0.15, 0.2) is 0 Å². The van der Waals surface area contributed by atoms with E-state index in [1.165, 1.54) is 17.7 Å². The van der Waals surface area contributed by atoms with Crippen LogP contribution in [0.3, 0.4) is 0 Å². The lowest BCUT2D eigenvalue weighted by Gasteiger charge is -2.08. The van der Waals surface area contributed by atoms with Crippen molar-refractivity contribution in [3.8, 4) is 0 Å². The van der Waals surface area contributed by atoms with Crippen molar-refractivity contribution in [2.45, 2.75) is 20.5 Å². The minimum absolute atomic E-state index is 0.115. The molecule has 7 heteroatoms. The van der Waals surface area contributed by atoms with E-state index in [1.54, 1.807) is 0 Å². The molecule has 1 aromatic rings. The second kappa shape index (κ2) is 6.56. The van der Waals surface area contributed by atoms with Gasteiger partial charge in [-0.25, -0.2) is 4.39 Å². The first-order chi connectivity index (χ1) is 10.2. The van der Waals surface area contributed by atoms with Gasteiger partial charge in [-0.3, -0.25) is 4.79 Å². The zero-order valence-corrected chi connectivity index (χ0v) is 14.8. The topological polar surface area (TPSA) is 26.3 Å². The van der Waals surface area contributed by atoms with E-state index < -0.39 is 17.7 Å². The molecular weight excluding hydrogens is 373 g/mol. The summed E-state index contributed by atoms with van der Waals surface area (Å²) in [7, 11) is 0. The summed E-state index contributed by atoms with van der Waals surface area (Å²) in [5.74, 6) is -1.70. The minimum atomic E-state index is -0.649. The number of ether oxygens (including phenoxy) is 1. The van der Waals surface area contributed by atoms with Crippen LogP contribution < -0.4 is 0 Å². The van der Waals surface area contributed by atoms with Crippen LogP contribution in [0.1, 0.15) is 19.4 Å². The number of hydrogen-bond acceptors (Lipinski definition) is 2. The van der Waals surface area contributed by atoms with E-state index in [0.29, 0.717) is 5.03 Å². The minimum Gasteiger partial charge on any atom is -0.460 e. The number of hydrogen-bond donors (Lipinski definition) is 0. The summed E-state index contributed by atoms with van der Waals surface area (Å²) >= 11 is 23.1. The van der Waals surface area contributed by atoms with E-state index in [2.05, 4.69) is 0 Å². The zero-order chi connectivity index (χ0) is 16.7. The van der Waals surface area contributed by atoms with E-state index in [-0.39, 0.29) is 33.5 Å². The van der Waals surface area contributed by atoms with Crippen LogP contribution in [0.2, 0.25) is 10.0 Å². The Balaban J connectivity index is 2.06. The Morgan fingerprint density at radius 3 is 2.59 bits per heavy atom. The number of halogens is 5. The zero-order valence-electron chi connectivity index (χ0n) is 11.8. The molecule has 2 atom stereocenters. The largest absolute Gasteiger partial charge is 0.460 e. The Morgan fingerprint density at radius 1 is 1.36 bits per heavy atom. The second-order valence-electron chi connectivity index (χ2n) is 5.74. The van der Waals surface area contributed by atoms with Gasteiger partial charge in [-0.15, -0.1) is 0 Å². The second-order valence-corrected chi connectivity index (χ2v) is 7.24. The first-order valence-electron chi connectivity index (χ1n) is 6.46. The number of carbonyl (C=O) groups excluding carboxylic acids is 1. The Kier molecular flexibility index (Phi) is 5.33. The lowest BCUT2D eigenvalue weighted by Crippen LogP contribution is -2.11. The van der Waals surface area contributed by atoms with E-state index in [4.69, 9.17) is 51.1 Å². The Labute approximate surface area is 148 Å². The van der Waals surface area contributed by atoms with Gasteiger partial charge in [0.05, 0.1) is 10.9 Å². The van der Waals surface area contributed by atoms with Crippen LogP contribution in [-0.2, 0) is 16.1 Å². The number of benzene rings is 1. The van der Waals surface area contributed by atoms with Gasteiger partial charge < -0.3 is 4.74 Å². The van der Waals surface area contributed by atoms with Crippen LogP contribution in [0.5, 0.6) is 0 Å². The Bertz CT molecular complexity index is 643. The average molecular weight is 386 g/mol. The lowest BCUT2D eigenvalue weighted by atomic mass is 10.1. The maximum atomic E-state index is 13.8. The predicted octanol–water partition coefficient (Wildman–Crippen LogP) is 5.77. The molecule has 1 fully saturated rings. The summed E-state index contributed by atoms with van der Waals surface area (Å²) in [6.07, 6.45) is 0. The van der Waals surface area contributed by atoms with Gasteiger partial charge in [-0.2, -0.15) is 0 Å². The van der Waals surface area contributed by atoms with E-state index in [9.17, 15) is 9.18 Å². The first-order valence-corrected chi connectivity index (χ1v) is 8.03. The van der Waals surface area contributed by atoms with Gasteiger partial charge >= 0.3 is 5.97 Å². The first kappa shape index (κ1) is 17.9. The molecule has 0 bridgehead atoms. The molecule has 0 saturated heterocycles. The molecule has 1 aliphatic rings. The van der Waals surface area contributed by atoms with Crippen molar-refractivity contribution in [3.05, 3.63) is 44.1 Å². The summed E-state index contributed by atoms with van der Waals surface area (Å²) in [4.78, 5) is 12.2. The normalized spacial score (nSPS) is 23.3. The number of allylic oxidation sites excluding steroid dienone is 1. The fourth-order valence-electron chi connectivity index (χ4n) is 2.61. The van der Waals surface area contributed by atoms with Gasteiger partial charge in [0.2, 0.25) is 0 Å². The molecule has 22 heavy (non-hydrogen) atoms. The molecule has 0 N–H and O–H groups in total. The Morgan fingerprint density at radius 2 is 2.00 bits per heavy atom. The van der Waals surface area contributed by atoms with Crippen LogP contribution in [0, 0.1) is 23.1 Å². The summed E-state index contributed by atoms with van der Waals surface area (Å²) in [5.41, 5.74) is 1.03. The fraction of sp³-hybridized carbons (Fsp3) is 0.400. The molecule has 1 aliphatic carbocycles. The van der Waals surface area contributed by atoms with Gasteiger partial charge in [-0.1, -0.05) is 60.3 Å². The maximum Gasteiger partial charge on any atom is 0.310 e. The molecule has 0 radical (unpaired) electrons. The predicted molar refractivity (Wildman–Crippen MR) is 86.8 cm³/mol. The van der Waals surface area contributed by atoms with Crippen molar-refractivity contribution < 1.29 is 13.9 Å². The molecule has 2 nitrogen and oxygen atoms in total. The molecule has 120 valence electrons. The number of esters is 1. The highest BCUT2D eigenvalue weighted by atomic mass is 35.5. The molecule has 0 aromatic heterocycles. The van der Waals surface area contributed by atoms with Crippen molar-refractivity contribution in [1.82, 2.24) is 0 Å². The molecule has 2 unspecified atom stereocenters. The van der Waals surface area contributed by atoms with Crippen LogP contribution in [0.4, 0.5) is 4.39 Å². The van der Waals surface area contributed by atoms with E-state index in [0.717, 1.165) is 0 Å².